The molecule has 2 aromatic carbocycles. The molecule has 0 bridgehead atoms. The molecule has 0 aromatic heterocycles. The van der Waals surface area contributed by atoms with Gasteiger partial charge in [-0.2, -0.15) is 0 Å². The Balaban J connectivity index is 1.82. The average molecular weight is 365 g/mol. The van der Waals surface area contributed by atoms with Crippen LogP contribution in [0.4, 0.5) is 11.4 Å². The van der Waals surface area contributed by atoms with Crippen LogP contribution in [0, 0.1) is 0 Å². The fourth-order valence-corrected chi connectivity index (χ4v) is 3.04. The lowest BCUT2D eigenvalue weighted by atomic mass is 10.1. The van der Waals surface area contributed by atoms with E-state index in [4.69, 9.17) is 27.9 Å². The van der Waals surface area contributed by atoms with Crippen molar-refractivity contribution in [2.24, 2.45) is 0 Å². The van der Waals surface area contributed by atoms with E-state index in [1.807, 2.05) is 6.07 Å². The first-order valence-corrected chi connectivity index (χ1v) is 8.00. The number of amides is 2. The van der Waals surface area contributed by atoms with Gasteiger partial charge in [-0.25, -0.2) is 0 Å². The monoisotopic (exact) mass is 364 g/mol. The van der Waals surface area contributed by atoms with Gasteiger partial charge in [0.2, 0.25) is 5.91 Å². The van der Waals surface area contributed by atoms with Crippen LogP contribution in [-0.2, 0) is 9.59 Å². The number of hydrogen-bond acceptors (Lipinski definition) is 3. The topological polar surface area (TPSA) is 58.6 Å². The summed E-state index contributed by atoms with van der Waals surface area (Å²) in [6.07, 6.45) is -0.832. The summed E-state index contributed by atoms with van der Waals surface area (Å²) in [5.74, 6) is -0.0494. The number of halogens is 2. The Bertz CT molecular complexity index is 790. The Hall–Kier alpha value is -2.24. The summed E-state index contributed by atoms with van der Waals surface area (Å²) in [5.41, 5.74) is 1.12. The van der Waals surface area contributed by atoms with Crippen molar-refractivity contribution in [1.29, 1.82) is 0 Å². The maximum absolute atomic E-state index is 12.5. The standard InChI is InChI=1S/C17H14Cl2N2O3/c1-10(22)21-9-16(24-15-5-3-2-4-14(15)21)17(23)20-13-7-11(18)6-12(19)8-13/h2-8,16H,9H2,1H3,(H,20,23). The normalized spacial score (nSPS) is 16.1. The second-order valence-corrected chi connectivity index (χ2v) is 6.22. The minimum Gasteiger partial charge on any atom is -0.476 e. The van der Waals surface area contributed by atoms with E-state index in [0.717, 1.165) is 0 Å². The molecule has 2 amide bonds. The van der Waals surface area contributed by atoms with E-state index in [1.165, 1.54) is 11.8 Å². The Morgan fingerprint density at radius 3 is 2.50 bits per heavy atom. The Morgan fingerprint density at radius 2 is 1.83 bits per heavy atom. The number of ether oxygens (including phenoxy) is 1. The molecule has 0 saturated carbocycles. The third-order valence-electron chi connectivity index (χ3n) is 3.58. The van der Waals surface area contributed by atoms with Crippen molar-refractivity contribution in [2.45, 2.75) is 13.0 Å². The highest BCUT2D eigenvalue weighted by Crippen LogP contribution is 2.33. The van der Waals surface area contributed by atoms with Crippen LogP contribution >= 0.6 is 23.2 Å². The molecule has 24 heavy (non-hydrogen) atoms. The maximum atomic E-state index is 12.5. The van der Waals surface area contributed by atoms with E-state index < -0.39 is 6.10 Å². The van der Waals surface area contributed by atoms with Crippen molar-refractivity contribution in [3.63, 3.8) is 0 Å². The summed E-state index contributed by atoms with van der Waals surface area (Å²) in [7, 11) is 0. The van der Waals surface area contributed by atoms with Crippen molar-refractivity contribution in [3.8, 4) is 5.75 Å². The number of fused-ring (bicyclic) bond motifs is 1. The van der Waals surface area contributed by atoms with Gasteiger partial charge >= 0.3 is 0 Å². The predicted octanol–water partition coefficient (Wildman–Crippen LogP) is 3.75. The summed E-state index contributed by atoms with van der Waals surface area (Å²) in [5, 5.41) is 3.54. The zero-order chi connectivity index (χ0) is 17.3. The Morgan fingerprint density at radius 1 is 1.17 bits per heavy atom. The van der Waals surface area contributed by atoms with E-state index >= 15 is 0 Å². The lowest BCUT2D eigenvalue weighted by Gasteiger charge is -2.33. The molecule has 0 saturated heterocycles. The van der Waals surface area contributed by atoms with E-state index in [-0.39, 0.29) is 18.4 Å². The van der Waals surface area contributed by atoms with Crippen LogP contribution in [0.3, 0.4) is 0 Å². The Labute approximate surface area is 149 Å². The van der Waals surface area contributed by atoms with Crippen molar-refractivity contribution >= 4 is 46.4 Å². The van der Waals surface area contributed by atoms with Gasteiger partial charge in [0.25, 0.3) is 5.91 Å². The van der Waals surface area contributed by atoms with Crippen molar-refractivity contribution in [1.82, 2.24) is 0 Å². The number of para-hydroxylation sites is 2. The molecule has 5 nitrogen and oxygen atoms in total. The SMILES string of the molecule is CC(=O)N1CC(C(=O)Nc2cc(Cl)cc(Cl)c2)Oc2ccccc21. The number of nitrogens with one attached hydrogen (secondary N) is 1. The van der Waals surface area contributed by atoms with Crippen LogP contribution in [0.5, 0.6) is 5.75 Å². The van der Waals surface area contributed by atoms with E-state index in [2.05, 4.69) is 5.32 Å². The molecule has 124 valence electrons. The van der Waals surface area contributed by atoms with Crippen molar-refractivity contribution in [2.75, 3.05) is 16.8 Å². The van der Waals surface area contributed by atoms with Crippen LogP contribution in [-0.4, -0.2) is 24.5 Å². The number of benzene rings is 2. The summed E-state index contributed by atoms with van der Waals surface area (Å²) in [6, 6.07) is 11.8. The Kier molecular flexibility index (Phi) is 4.64. The molecule has 2 aromatic rings. The summed E-state index contributed by atoms with van der Waals surface area (Å²) in [6.45, 7) is 1.58. The largest absolute Gasteiger partial charge is 0.476 e. The summed E-state index contributed by atoms with van der Waals surface area (Å²) >= 11 is 11.9. The number of nitrogens with zero attached hydrogens (tertiary/aromatic N) is 1. The molecule has 1 heterocycles. The van der Waals surface area contributed by atoms with Gasteiger partial charge in [-0.05, 0) is 30.3 Å². The first kappa shape index (κ1) is 16.6. The lowest BCUT2D eigenvalue weighted by Crippen LogP contribution is -2.48. The molecule has 0 spiro atoms. The maximum Gasteiger partial charge on any atom is 0.267 e. The van der Waals surface area contributed by atoms with Crippen LogP contribution in [0.1, 0.15) is 6.92 Å². The molecule has 0 aliphatic carbocycles. The highest BCUT2D eigenvalue weighted by atomic mass is 35.5. The van der Waals surface area contributed by atoms with E-state index in [1.54, 1.807) is 36.4 Å². The third-order valence-corrected chi connectivity index (χ3v) is 4.01. The number of hydrogen-bond donors (Lipinski definition) is 1. The second kappa shape index (κ2) is 6.71. The molecule has 1 unspecified atom stereocenters. The molecule has 7 heteroatoms. The van der Waals surface area contributed by atoms with E-state index in [9.17, 15) is 9.59 Å². The van der Waals surface area contributed by atoms with Gasteiger partial charge < -0.3 is 15.0 Å². The first-order chi connectivity index (χ1) is 11.4. The zero-order valence-corrected chi connectivity index (χ0v) is 14.3. The molecular weight excluding hydrogens is 351 g/mol. The predicted molar refractivity (Wildman–Crippen MR) is 94.0 cm³/mol. The third kappa shape index (κ3) is 3.47. The van der Waals surface area contributed by atoms with E-state index in [0.29, 0.717) is 27.2 Å². The zero-order valence-electron chi connectivity index (χ0n) is 12.8. The summed E-state index contributed by atoms with van der Waals surface area (Å²) in [4.78, 5) is 25.9. The fourth-order valence-electron chi connectivity index (χ4n) is 2.52. The first-order valence-electron chi connectivity index (χ1n) is 7.25. The molecule has 1 aliphatic heterocycles. The van der Waals surface area contributed by atoms with Crippen LogP contribution in [0.15, 0.2) is 42.5 Å². The average Bonchev–Trinajstić information content (AvgIpc) is 2.52. The van der Waals surface area contributed by atoms with Gasteiger partial charge in [0.1, 0.15) is 5.75 Å². The number of rotatable bonds is 2. The quantitative estimate of drug-likeness (QED) is 0.882. The highest BCUT2D eigenvalue weighted by molar-refractivity contribution is 6.35. The molecule has 1 aliphatic rings. The second-order valence-electron chi connectivity index (χ2n) is 5.35. The van der Waals surface area contributed by atoms with Crippen molar-refractivity contribution < 1.29 is 14.3 Å². The minimum atomic E-state index is -0.832. The van der Waals surface area contributed by atoms with Crippen LogP contribution in [0.2, 0.25) is 10.0 Å². The van der Waals surface area contributed by atoms with Gasteiger partial charge in [-0.1, -0.05) is 35.3 Å². The molecule has 1 atom stereocenters. The highest BCUT2D eigenvalue weighted by Gasteiger charge is 2.32. The number of anilines is 2. The minimum absolute atomic E-state index is 0.131. The smallest absolute Gasteiger partial charge is 0.267 e. The molecule has 0 fully saturated rings. The number of carbonyl (C=O) groups excluding carboxylic acids is 2. The molecule has 1 N–H and O–H groups in total. The van der Waals surface area contributed by atoms with Gasteiger partial charge in [-0.15, -0.1) is 0 Å². The van der Waals surface area contributed by atoms with Gasteiger partial charge in [0.15, 0.2) is 6.10 Å². The number of carbonyl (C=O) groups is 2. The lowest BCUT2D eigenvalue weighted by molar-refractivity contribution is -0.123. The molecule has 0 radical (unpaired) electrons. The van der Waals surface area contributed by atoms with Gasteiger partial charge in [0.05, 0.1) is 12.2 Å². The van der Waals surface area contributed by atoms with Crippen LogP contribution < -0.4 is 15.0 Å². The van der Waals surface area contributed by atoms with Gasteiger partial charge in [0, 0.05) is 22.7 Å². The van der Waals surface area contributed by atoms with Crippen molar-refractivity contribution in [3.05, 3.63) is 52.5 Å². The fraction of sp³-hybridized carbons (Fsp3) is 0.176. The summed E-state index contributed by atoms with van der Waals surface area (Å²) < 4.78 is 5.73. The molecule has 3 rings (SSSR count). The van der Waals surface area contributed by atoms with Crippen LogP contribution in [0.25, 0.3) is 0 Å². The molecular formula is C17H14Cl2N2O3. The van der Waals surface area contributed by atoms with Gasteiger partial charge in [-0.3, -0.25) is 9.59 Å².